The first-order valence-electron chi connectivity index (χ1n) is 8.65. The largest absolute Gasteiger partial charge is 0.346 e. The zero-order valence-electron chi connectivity index (χ0n) is 16.2. The molecule has 0 heterocycles. The summed E-state index contributed by atoms with van der Waals surface area (Å²) in [5.74, 6) is -0.354. The molecule has 152 valence electrons. The molecular weight excluding hydrogens is 400 g/mol. The van der Waals surface area contributed by atoms with E-state index in [0.29, 0.717) is 5.56 Å². The van der Waals surface area contributed by atoms with E-state index in [1.807, 2.05) is 0 Å². The minimum atomic E-state index is -3.51. The van der Waals surface area contributed by atoms with E-state index in [4.69, 9.17) is 0 Å². The summed E-state index contributed by atoms with van der Waals surface area (Å²) in [4.78, 5) is 12.8. The average Bonchev–Trinajstić information content (AvgIpc) is 2.67. The van der Waals surface area contributed by atoms with Gasteiger partial charge >= 0.3 is 0 Å². The number of sulfone groups is 1. The van der Waals surface area contributed by atoms with Crippen molar-refractivity contribution in [3.05, 3.63) is 59.7 Å². The summed E-state index contributed by atoms with van der Waals surface area (Å²) in [5, 5.41) is 2.82. The molecular formula is C19H24N2O5S2. The Kier molecular flexibility index (Phi) is 6.63. The van der Waals surface area contributed by atoms with E-state index >= 15 is 0 Å². The second-order valence-electron chi connectivity index (χ2n) is 6.48. The quantitative estimate of drug-likeness (QED) is 0.734. The third-order valence-corrected chi connectivity index (χ3v) is 7.94. The fraction of sp³-hybridized carbons (Fsp3) is 0.316. The Morgan fingerprint density at radius 2 is 1.43 bits per heavy atom. The highest BCUT2D eigenvalue weighted by atomic mass is 32.2. The van der Waals surface area contributed by atoms with Crippen molar-refractivity contribution in [2.45, 2.75) is 29.7 Å². The lowest BCUT2D eigenvalue weighted by Crippen LogP contribution is -2.27. The lowest BCUT2D eigenvalue weighted by atomic mass is 10.1. The van der Waals surface area contributed by atoms with Gasteiger partial charge in [-0.05, 0) is 48.9 Å². The summed E-state index contributed by atoms with van der Waals surface area (Å²) in [6.45, 7) is 3.34. The van der Waals surface area contributed by atoms with Gasteiger partial charge in [0.25, 0.3) is 5.91 Å². The molecule has 0 aliphatic carbocycles. The van der Waals surface area contributed by atoms with Crippen LogP contribution in [0.4, 0.5) is 0 Å². The molecule has 0 radical (unpaired) electrons. The van der Waals surface area contributed by atoms with Gasteiger partial charge in [-0.25, -0.2) is 21.1 Å². The SMILES string of the molecule is CCS(=O)(=O)c1ccc(C(=O)NC(C)c2ccc(S(=O)(=O)N(C)C)cc2)cc1. The lowest BCUT2D eigenvalue weighted by Gasteiger charge is -2.16. The van der Waals surface area contributed by atoms with Crippen LogP contribution in [-0.4, -0.2) is 46.9 Å². The smallest absolute Gasteiger partial charge is 0.251 e. The molecule has 1 atom stereocenters. The molecule has 0 fully saturated rings. The van der Waals surface area contributed by atoms with Crippen molar-refractivity contribution >= 4 is 25.8 Å². The van der Waals surface area contributed by atoms with Gasteiger partial charge in [-0.3, -0.25) is 4.79 Å². The number of nitrogens with one attached hydrogen (secondary N) is 1. The Morgan fingerprint density at radius 3 is 1.89 bits per heavy atom. The topological polar surface area (TPSA) is 101 Å². The van der Waals surface area contributed by atoms with Crippen LogP contribution in [0.25, 0.3) is 0 Å². The first kappa shape index (κ1) is 22.1. The number of benzene rings is 2. The van der Waals surface area contributed by atoms with Crippen LogP contribution in [0.15, 0.2) is 58.3 Å². The summed E-state index contributed by atoms with van der Waals surface area (Å²) in [6, 6.07) is 11.7. The molecule has 2 aromatic rings. The van der Waals surface area contributed by atoms with E-state index in [-0.39, 0.29) is 27.5 Å². The second-order valence-corrected chi connectivity index (χ2v) is 10.9. The van der Waals surface area contributed by atoms with Gasteiger partial charge in [-0.15, -0.1) is 0 Å². The highest BCUT2D eigenvalue weighted by molar-refractivity contribution is 7.91. The van der Waals surface area contributed by atoms with Crippen LogP contribution in [0.2, 0.25) is 0 Å². The predicted octanol–water partition coefficient (Wildman–Crippen LogP) is 2.22. The van der Waals surface area contributed by atoms with Gasteiger partial charge in [-0.1, -0.05) is 19.1 Å². The molecule has 0 saturated heterocycles. The van der Waals surface area contributed by atoms with Gasteiger partial charge in [0, 0.05) is 19.7 Å². The minimum absolute atomic E-state index is 0.00485. The van der Waals surface area contributed by atoms with E-state index in [1.165, 1.54) is 50.5 Å². The highest BCUT2D eigenvalue weighted by Gasteiger charge is 2.18. The molecule has 0 spiro atoms. The molecule has 9 heteroatoms. The Morgan fingerprint density at radius 1 is 0.929 bits per heavy atom. The van der Waals surface area contributed by atoms with Crippen LogP contribution < -0.4 is 5.32 Å². The maximum atomic E-state index is 12.4. The number of hydrogen-bond donors (Lipinski definition) is 1. The number of nitrogens with zero attached hydrogens (tertiary/aromatic N) is 1. The molecule has 2 aromatic carbocycles. The van der Waals surface area contributed by atoms with Crippen molar-refractivity contribution < 1.29 is 21.6 Å². The molecule has 1 unspecified atom stereocenters. The Balaban J connectivity index is 2.12. The van der Waals surface area contributed by atoms with Crippen molar-refractivity contribution in [2.24, 2.45) is 0 Å². The van der Waals surface area contributed by atoms with Crippen LogP contribution in [0, 0.1) is 0 Å². The van der Waals surface area contributed by atoms with Crippen LogP contribution in [0.5, 0.6) is 0 Å². The van der Waals surface area contributed by atoms with Crippen LogP contribution in [0.1, 0.15) is 35.8 Å². The summed E-state index contributed by atoms with van der Waals surface area (Å²) < 4.78 is 49.0. The van der Waals surface area contributed by atoms with Gasteiger partial charge in [-0.2, -0.15) is 0 Å². The maximum Gasteiger partial charge on any atom is 0.251 e. The molecule has 1 N–H and O–H groups in total. The van der Waals surface area contributed by atoms with Gasteiger partial charge in [0.05, 0.1) is 21.6 Å². The number of rotatable bonds is 7. The van der Waals surface area contributed by atoms with E-state index in [1.54, 1.807) is 26.0 Å². The second kappa shape index (κ2) is 8.42. The van der Waals surface area contributed by atoms with Gasteiger partial charge in [0.15, 0.2) is 9.84 Å². The predicted molar refractivity (Wildman–Crippen MR) is 107 cm³/mol. The number of amides is 1. The average molecular weight is 425 g/mol. The van der Waals surface area contributed by atoms with Gasteiger partial charge < -0.3 is 5.32 Å². The normalized spacial score (nSPS) is 13.3. The number of carbonyl (C=O) groups excluding carboxylic acids is 1. The Labute approximate surface area is 166 Å². The zero-order valence-corrected chi connectivity index (χ0v) is 17.8. The third kappa shape index (κ3) is 4.78. The molecule has 0 bridgehead atoms. The summed E-state index contributed by atoms with van der Waals surface area (Å²) in [6.07, 6.45) is 0. The monoisotopic (exact) mass is 424 g/mol. The van der Waals surface area contributed by atoms with Gasteiger partial charge in [0.1, 0.15) is 0 Å². The minimum Gasteiger partial charge on any atom is -0.346 e. The highest BCUT2D eigenvalue weighted by Crippen LogP contribution is 2.19. The molecule has 0 aliphatic rings. The van der Waals surface area contributed by atoms with Crippen LogP contribution in [0.3, 0.4) is 0 Å². The molecule has 2 rings (SSSR count). The molecule has 7 nitrogen and oxygen atoms in total. The van der Waals surface area contributed by atoms with Crippen molar-refractivity contribution in [3.8, 4) is 0 Å². The molecule has 0 aliphatic heterocycles. The van der Waals surface area contributed by atoms with Gasteiger partial charge in [0.2, 0.25) is 10.0 Å². The van der Waals surface area contributed by atoms with E-state index in [9.17, 15) is 21.6 Å². The zero-order chi connectivity index (χ0) is 21.1. The summed E-state index contributed by atoms with van der Waals surface area (Å²) >= 11 is 0. The number of carbonyl (C=O) groups is 1. The fourth-order valence-corrected chi connectivity index (χ4v) is 4.27. The van der Waals surface area contributed by atoms with Crippen LogP contribution >= 0.6 is 0 Å². The van der Waals surface area contributed by atoms with E-state index in [2.05, 4.69) is 5.32 Å². The Hall–Kier alpha value is -2.23. The number of sulfonamides is 1. The lowest BCUT2D eigenvalue weighted by molar-refractivity contribution is 0.0939. The molecule has 0 aromatic heterocycles. The van der Waals surface area contributed by atoms with E-state index in [0.717, 1.165) is 9.87 Å². The van der Waals surface area contributed by atoms with Crippen molar-refractivity contribution in [3.63, 3.8) is 0 Å². The van der Waals surface area contributed by atoms with Crippen molar-refractivity contribution in [1.82, 2.24) is 9.62 Å². The summed E-state index contributed by atoms with van der Waals surface area (Å²) in [5.41, 5.74) is 1.09. The van der Waals surface area contributed by atoms with Crippen molar-refractivity contribution in [2.75, 3.05) is 19.8 Å². The third-order valence-electron chi connectivity index (χ3n) is 4.36. The maximum absolute atomic E-state index is 12.4. The molecule has 1 amide bonds. The van der Waals surface area contributed by atoms with Crippen molar-refractivity contribution in [1.29, 1.82) is 0 Å². The standard InChI is InChI=1S/C19H24N2O5S2/c1-5-27(23,24)17-10-8-16(9-11-17)19(22)20-14(2)15-6-12-18(13-7-15)28(25,26)21(3)4/h6-14H,5H2,1-4H3,(H,20,22). The first-order valence-corrected chi connectivity index (χ1v) is 11.7. The Bertz CT molecular complexity index is 1040. The number of hydrogen-bond acceptors (Lipinski definition) is 5. The fourth-order valence-electron chi connectivity index (χ4n) is 2.48. The van der Waals surface area contributed by atoms with Crippen LogP contribution in [-0.2, 0) is 19.9 Å². The summed E-state index contributed by atoms with van der Waals surface area (Å²) in [7, 11) is -3.90. The molecule has 0 saturated carbocycles. The first-order chi connectivity index (χ1) is 13.0. The van der Waals surface area contributed by atoms with E-state index < -0.39 is 19.9 Å². The molecule has 28 heavy (non-hydrogen) atoms.